The van der Waals surface area contributed by atoms with Crippen molar-refractivity contribution < 1.29 is 28.6 Å². The maximum Gasteiger partial charge on any atom is 0.306 e. The van der Waals surface area contributed by atoms with Crippen molar-refractivity contribution in [2.24, 2.45) is 0 Å². The Morgan fingerprint density at radius 3 is 0.805 bits per heavy atom. The standard InChI is InChI=1S/C71H126O6/c1-4-7-10-13-16-18-20-22-24-26-28-30-32-33-34-35-36-37-39-40-42-44-46-48-50-52-55-58-61-64-70(73)76-67-68(66-75-69(72)63-60-57-54-15-12-9-6-3)77-71(74)65-62-59-56-53-51-49-47-45-43-41-38-31-29-27-25-23-21-19-17-14-11-8-5-2/h8,11,17,19,23,25-26,28-29,31,41,43,68H,4-7,9-10,12-16,18,20-22,24,27,30,32-40,42,44-67H2,1-3H3/b11-8-,19-17-,25-23-,28-26-,31-29-,43-41-. The van der Waals surface area contributed by atoms with E-state index in [1.54, 1.807) is 0 Å². The monoisotopic (exact) mass is 1070 g/mol. The van der Waals surface area contributed by atoms with E-state index in [9.17, 15) is 14.4 Å². The van der Waals surface area contributed by atoms with E-state index >= 15 is 0 Å². The van der Waals surface area contributed by atoms with Crippen molar-refractivity contribution in [2.45, 2.75) is 348 Å². The predicted molar refractivity (Wildman–Crippen MR) is 335 cm³/mol. The van der Waals surface area contributed by atoms with Crippen LogP contribution in [0.15, 0.2) is 72.9 Å². The molecule has 0 bridgehead atoms. The van der Waals surface area contributed by atoms with Gasteiger partial charge in [0.25, 0.3) is 0 Å². The lowest BCUT2D eigenvalue weighted by Gasteiger charge is -2.18. The Bertz CT molecular complexity index is 1420. The number of carbonyl (C=O) groups is 3. The molecule has 77 heavy (non-hydrogen) atoms. The van der Waals surface area contributed by atoms with Crippen LogP contribution in [0.25, 0.3) is 0 Å². The summed E-state index contributed by atoms with van der Waals surface area (Å²) in [6.07, 6.45) is 85.2. The van der Waals surface area contributed by atoms with E-state index in [4.69, 9.17) is 14.2 Å². The van der Waals surface area contributed by atoms with Crippen molar-refractivity contribution in [3.05, 3.63) is 72.9 Å². The molecule has 0 spiro atoms. The van der Waals surface area contributed by atoms with Crippen LogP contribution < -0.4 is 0 Å². The van der Waals surface area contributed by atoms with Gasteiger partial charge in [-0.15, -0.1) is 0 Å². The summed E-state index contributed by atoms with van der Waals surface area (Å²) >= 11 is 0. The topological polar surface area (TPSA) is 78.9 Å². The van der Waals surface area contributed by atoms with Crippen LogP contribution >= 0.6 is 0 Å². The van der Waals surface area contributed by atoms with Gasteiger partial charge in [-0.3, -0.25) is 14.4 Å². The quantitative estimate of drug-likeness (QED) is 0.0261. The summed E-state index contributed by atoms with van der Waals surface area (Å²) in [5.74, 6) is -0.880. The maximum absolute atomic E-state index is 12.9. The fraction of sp³-hybridized carbons (Fsp3) is 0.789. The molecular formula is C71H126O6. The average Bonchev–Trinajstić information content (AvgIpc) is 3.43. The van der Waals surface area contributed by atoms with Crippen molar-refractivity contribution in [1.82, 2.24) is 0 Å². The van der Waals surface area contributed by atoms with Gasteiger partial charge in [0.05, 0.1) is 0 Å². The highest BCUT2D eigenvalue weighted by Gasteiger charge is 2.19. The van der Waals surface area contributed by atoms with Crippen LogP contribution in [0.5, 0.6) is 0 Å². The summed E-state index contributed by atoms with van der Waals surface area (Å²) in [6, 6.07) is 0. The summed E-state index contributed by atoms with van der Waals surface area (Å²) in [5.41, 5.74) is 0. The average molecular weight is 1080 g/mol. The van der Waals surface area contributed by atoms with Gasteiger partial charge in [-0.1, -0.05) is 306 Å². The molecule has 0 aliphatic carbocycles. The highest BCUT2D eigenvalue weighted by molar-refractivity contribution is 5.71. The van der Waals surface area contributed by atoms with Crippen molar-refractivity contribution in [2.75, 3.05) is 13.2 Å². The fourth-order valence-electron chi connectivity index (χ4n) is 9.70. The lowest BCUT2D eigenvalue weighted by atomic mass is 10.0. The van der Waals surface area contributed by atoms with Crippen LogP contribution in [0.2, 0.25) is 0 Å². The van der Waals surface area contributed by atoms with Crippen molar-refractivity contribution >= 4 is 17.9 Å². The molecule has 0 rings (SSSR count). The van der Waals surface area contributed by atoms with E-state index in [-0.39, 0.29) is 31.1 Å². The summed E-state index contributed by atoms with van der Waals surface area (Å²) in [5, 5.41) is 0. The first-order valence-electron chi connectivity index (χ1n) is 33.4. The summed E-state index contributed by atoms with van der Waals surface area (Å²) in [7, 11) is 0. The third-order valence-electron chi connectivity index (χ3n) is 14.7. The SMILES string of the molecule is CC/C=C\C/C=C\C/C=C\C/C=C\C/C=C\CCCCCCCCCC(=O)OC(COC(=O)CCCCCCCCC)COC(=O)CCCCCCCCCCCCCCCCCCC/C=C\CCCCCCCCCC. The molecule has 446 valence electrons. The van der Waals surface area contributed by atoms with Crippen LogP contribution in [-0.2, 0) is 28.6 Å². The van der Waals surface area contributed by atoms with Gasteiger partial charge in [0.2, 0.25) is 0 Å². The highest BCUT2D eigenvalue weighted by atomic mass is 16.6. The van der Waals surface area contributed by atoms with Crippen LogP contribution in [0, 0.1) is 0 Å². The molecular weight excluding hydrogens is 949 g/mol. The number of hydrogen-bond acceptors (Lipinski definition) is 6. The smallest absolute Gasteiger partial charge is 0.306 e. The molecule has 0 aromatic heterocycles. The molecule has 0 radical (unpaired) electrons. The van der Waals surface area contributed by atoms with Gasteiger partial charge in [-0.2, -0.15) is 0 Å². The number of ether oxygens (including phenoxy) is 3. The Hall–Kier alpha value is -3.15. The Morgan fingerprint density at radius 2 is 0.506 bits per heavy atom. The molecule has 0 amide bonds. The van der Waals surface area contributed by atoms with Crippen LogP contribution in [-0.4, -0.2) is 37.2 Å². The van der Waals surface area contributed by atoms with Gasteiger partial charge < -0.3 is 14.2 Å². The van der Waals surface area contributed by atoms with Crippen molar-refractivity contribution in [3.63, 3.8) is 0 Å². The molecule has 1 atom stereocenters. The number of unbranched alkanes of at least 4 members (excludes halogenated alkanes) is 38. The van der Waals surface area contributed by atoms with E-state index in [1.165, 1.54) is 205 Å². The molecule has 0 saturated heterocycles. The molecule has 0 heterocycles. The van der Waals surface area contributed by atoms with Gasteiger partial charge >= 0.3 is 17.9 Å². The van der Waals surface area contributed by atoms with E-state index in [0.29, 0.717) is 19.3 Å². The van der Waals surface area contributed by atoms with Gasteiger partial charge in [-0.05, 0) is 89.9 Å². The van der Waals surface area contributed by atoms with Crippen LogP contribution in [0.4, 0.5) is 0 Å². The van der Waals surface area contributed by atoms with E-state index in [0.717, 1.165) is 96.3 Å². The molecule has 0 saturated carbocycles. The highest BCUT2D eigenvalue weighted by Crippen LogP contribution is 2.17. The minimum absolute atomic E-state index is 0.0767. The summed E-state index contributed by atoms with van der Waals surface area (Å²) < 4.78 is 16.9. The Kier molecular flexibility index (Phi) is 62.7. The summed E-state index contributed by atoms with van der Waals surface area (Å²) in [4.78, 5) is 38.1. The predicted octanol–water partition coefficient (Wildman–Crippen LogP) is 22.9. The molecule has 0 aliphatic heterocycles. The fourth-order valence-corrected chi connectivity index (χ4v) is 9.70. The normalized spacial score (nSPS) is 12.5. The third kappa shape index (κ3) is 63.6. The zero-order valence-corrected chi connectivity index (χ0v) is 51.2. The minimum Gasteiger partial charge on any atom is -0.462 e. The lowest BCUT2D eigenvalue weighted by molar-refractivity contribution is -0.167. The Morgan fingerprint density at radius 1 is 0.273 bits per heavy atom. The van der Waals surface area contributed by atoms with Gasteiger partial charge in [0.1, 0.15) is 13.2 Å². The second kappa shape index (κ2) is 65.4. The first-order chi connectivity index (χ1) is 38.0. The third-order valence-corrected chi connectivity index (χ3v) is 14.7. The van der Waals surface area contributed by atoms with E-state index in [1.807, 2.05) is 0 Å². The number of allylic oxidation sites excluding steroid dienone is 12. The summed E-state index contributed by atoms with van der Waals surface area (Å²) in [6.45, 7) is 6.51. The minimum atomic E-state index is -0.779. The van der Waals surface area contributed by atoms with Crippen LogP contribution in [0.3, 0.4) is 0 Å². The molecule has 6 heteroatoms. The Labute approximate surface area is 478 Å². The maximum atomic E-state index is 12.9. The largest absolute Gasteiger partial charge is 0.462 e. The van der Waals surface area contributed by atoms with E-state index < -0.39 is 6.10 Å². The van der Waals surface area contributed by atoms with Gasteiger partial charge in [0, 0.05) is 19.3 Å². The number of esters is 3. The first kappa shape index (κ1) is 73.8. The number of hydrogen-bond donors (Lipinski definition) is 0. The van der Waals surface area contributed by atoms with Gasteiger partial charge in [-0.25, -0.2) is 0 Å². The second-order valence-electron chi connectivity index (χ2n) is 22.4. The molecule has 0 aromatic rings. The lowest BCUT2D eigenvalue weighted by Crippen LogP contribution is -2.30. The first-order valence-corrected chi connectivity index (χ1v) is 33.4. The van der Waals surface area contributed by atoms with Crippen LogP contribution in [0.1, 0.15) is 342 Å². The molecule has 0 fully saturated rings. The number of carbonyl (C=O) groups excluding carboxylic acids is 3. The van der Waals surface area contributed by atoms with Crippen molar-refractivity contribution in [3.8, 4) is 0 Å². The zero-order chi connectivity index (χ0) is 55.7. The molecule has 1 unspecified atom stereocenters. The molecule has 0 N–H and O–H groups in total. The Balaban J connectivity index is 4.08. The number of rotatable bonds is 61. The zero-order valence-electron chi connectivity index (χ0n) is 51.2. The molecule has 0 aromatic carbocycles. The molecule has 6 nitrogen and oxygen atoms in total. The second-order valence-corrected chi connectivity index (χ2v) is 22.4. The van der Waals surface area contributed by atoms with E-state index in [2.05, 4.69) is 93.7 Å². The van der Waals surface area contributed by atoms with Crippen molar-refractivity contribution in [1.29, 1.82) is 0 Å². The van der Waals surface area contributed by atoms with Gasteiger partial charge in [0.15, 0.2) is 6.10 Å². The molecule has 0 aliphatic rings.